The average Bonchev–Trinajstić information content (AvgIpc) is 3.02. The van der Waals surface area contributed by atoms with Crippen LogP contribution >= 0.6 is 35.3 Å². The van der Waals surface area contributed by atoms with Gasteiger partial charge in [0, 0.05) is 5.75 Å². The summed E-state index contributed by atoms with van der Waals surface area (Å²) in [4.78, 5) is 0. The first-order valence-electron chi connectivity index (χ1n) is 8.00. The average molecular weight is 409 g/mol. The van der Waals surface area contributed by atoms with E-state index >= 15 is 0 Å². The van der Waals surface area contributed by atoms with Crippen LogP contribution in [0.1, 0.15) is 6.92 Å². The van der Waals surface area contributed by atoms with E-state index in [1.54, 1.807) is 28.6 Å². The summed E-state index contributed by atoms with van der Waals surface area (Å²) in [5, 5.41) is 4.49. The molecule has 0 saturated carbocycles. The van der Waals surface area contributed by atoms with Crippen LogP contribution < -0.4 is 9.47 Å². The molecule has 0 saturated heterocycles. The monoisotopic (exact) mass is 408 g/mol. The maximum atomic E-state index is 13.0. The number of benzene rings is 2. The number of hydrogen-bond donors (Lipinski definition) is 0. The van der Waals surface area contributed by atoms with Crippen molar-refractivity contribution in [1.29, 1.82) is 0 Å². The summed E-state index contributed by atoms with van der Waals surface area (Å²) < 4.78 is 27.3. The fourth-order valence-corrected chi connectivity index (χ4v) is 4.40. The van der Waals surface area contributed by atoms with Crippen molar-refractivity contribution < 1.29 is 13.9 Å². The zero-order chi connectivity index (χ0) is 18.4. The molecule has 26 heavy (non-hydrogen) atoms. The van der Waals surface area contributed by atoms with E-state index in [-0.39, 0.29) is 5.82 Å². The van der Waals surface area contributed by atoms with Crippen LogP contribution in [0.5, 0.6) is 11.5 Å². The molecule has 3 rings (SSSR count). The molecular formula is C18H17FN2O2S3. The van der Waals surface area contributed by atoms with E-state index in [1.807, 2.05) is 31.2 Å². The van der Waals surface area contributed by atoms with Gasteiger partial charge in [0.05, 0.1) is 18.9 Å². The lowest BCUT2D eigenvalue weighted by molar-refractivity contribution is 0.332. The Hall–Kier alpha value is -1.90. The first kappa shape index (κ1) is 18.9. The zero-order valence-corrected chi connectivity index (χ0v) is 16.5. The predicted molar refractivity (Wildman–Crippen MR) is 106 cm³/mol. The minimum atomic E-state index is -0.281. The fourth-order valence-electron chi connectivity index (χ4n) is 2.15. The van der Waals surface area contributed by atoms with Gasteiger partial charge < -0.3 is 9.47 Å². The number of nitrogens with zero attached hydrogens (tertiary/aromatic N) is 2. The van der Waals surface area contributed by atoms with Gasteiger partial charge in [0.1, 0.15) is 17.3 Å². The largest absolute Gasteiger partial charge is 0.494 e. The van der Waals surface area contributed by atoms with Crippen molar-refractivity contribution in [3.05, 3.63) is 58.3 Å². The Kier molecular flexibility index (Phi) is 6.65. The SMILES string of the molecule is CCOc1ccc(OCCSc2nn(-c3ccc(F)cc3)c(=S)s2)cc1. The van der Waals surface area contributed by atoms with Gasteiger partial charge in [-0.15, -0.1) is 5.10 Å². The van der Waals surface area contributed by atoms with Crippen molar-refractivity contribution in [3.63, 3.8) is 0 Å². The third-order valence-corrected chi connectivity index (χ3v) is 5.64. The summed E-state index contributed by atoms with van der Waals surface area (Å²) in [7, 11) is 0. The molecule has 1 aromatic heterocycles. The van der Waals surface area contributed by atoms with E-state index in [0.29, 0.717) is 17.2 Å². The van der Waals surface area contributed by atoms with E-state index in [9.17, 15) is 4.39 Å². The van der Waals surface area contributed by atoms with Gasteiger partial charge in [0.25, 0.3) is 0 Å². The highest BCUT2D eigenvalue weighted by Gasteiger charge is 2.07. The van der Waals surface area contributed by atoms with Gasteiger partial charge >= 0.3 is 0 Å². The van der Waals surface area contributed by atoms with Gasteiger partial charge in [-0.1, -0.05) is 23.1 Å². The highest BCUT2D eigenvalue weighted by Crippen LogP contribution is 2.24. The molecule has 0 amide bonds. The summed E-state index contributed by atoms with van der Waals surface area (Å²) >= 11 is 8.36. The van der Waals surface area contributed by atoms with Crippen LogP contribution in [0.3, 0.4) is 0 Å². The molecule has 0 unspecified atom stereocenters. The first-order chi connectivity index (χ1) is 12.7. The van der Waals surface area contributed by atoms with Gasteiger partial charge in [-0.3, -0.25) is 0 Å². The van der Waals surface area contributed by atoms with Gasteiger partial charge in [0.2, 0.25) is 0 Å². The fraction of sp³-hybridized carbons (Fsp3) is 0.222. The molecule has 2 aromatic carbocycles. The molecule has 136 valence electrons. The van der Waals surface area contributed by atoms with Crippen LogP contribution in [0.2, 0.25) is 0 Å². The lowest BCUT2D eigenvalue weighted by atomic mass is 10.3. The van der Waals surface area contributed by atoms with Crippen molar-refractivity contribution in [2.75, 3.05) is 19.0 Å². The molecule has 0 aliphatic carbocycles. The number of hydrogen-bond acceptors (Lipinski definition) is 6. The molecule has 0 bridgehead atoms. The quantitative estimate of drug-likeness (QED) is 0.284. The first-order valence-corrected chi connectivity index (χ1v) is 10.2. The normalized spacial score (nSPS) is 10.7. The molecule has 0 radical (unpaired) electrons. The molecule has 0 aliphatic rings. The van der Waals surface area contributed by atoms with Crippen LogP contribution in [0.25, 0.3) is 5.69 Å². The van der Waals surface area contributed by atoms with Crippen LogP contribution in [0, 0.1) is 9.77 Å². The Morgan fingerprint density at radius 3 is 2.38 bits per heavy atom. The Labute approximate surface area is 164 Å². The number of thioether (sulfide) groups is 1. The Morgan fingerprint density at radius 2 is 1.73 bits per heavy atom. The highest BCUT2D eigenvalue weighted by molar-refractivity contribution is 8.01. The highest BCUT2D eigenvalue weighted by atomic mass is 32.2. The van der Waals surface area contributed by atoms with Crippen LogP contribution in [-0.2, 0) is 0 Å². The van der Waals surface area contributed by atoms with Crippen LogP contribution in [0.15, 0.2) is 52.9 Å². The molecule has 0 fully saturated rings. The molecule has 0 atom stereocenters. The lowest BCUT2D eigenvalue weighted by Crippen LogP contribution is -2.00. The third-order valence-electron chi connectivity index (χ3n) is 3.31. The Balaban J connectivity index is 1.51. The van der Waals surface area contributed by atoms with E-state index in [4.69, 9.17) is 21.7 Å². The molecule has 1 heterocycles. The molecule has 0 aliphatic heterocycles. The van der Waals surface area contributed by atoms with Gasteiger partial charge in [-0.05, 0) is 67.7 Å². The summed E-state index contributed by atoms with van der Waals surface area (Å²) in [6, 6.07) is 13.7. The van der Waals surface area contributed by atoms with Crippen molar-refractivity contribution in [2.45, 2.75) is 11.3 Å². The van der Waals surface area contributed by atoms with Crippen molar-refractivity contribution >= 4 is 35.3 Å². The van der Waals surface area contributed by atoms with E-state index < -0.39 is 0 Å². The molecule has 0 N–H and O–H groups in total. The number of aromatic nitrogens is 2. The topological polar surface area (TPSA) is 36.3 Å². The molecule has 8 heteroatoms. The summed E-state index contributed by atoms with van der Waals surface area (Å²) in [5.74, 6) is 2.11. The summed E-state index contributed by atoms with van der Waals surface area (Å²) in [5.41, 5.74) is 0.755. The van der Waals surface area contributed by atoms with E-state index in [2.05, 4.69) is 5.10 Å². The predicted octanol–water partition coefficient (Wildman–Crippen LogP) is 5.37. The van der Waals surface area contributed by atoms with Gasteiger partial charge in [-0.25, -0.2) is 9.07 Å². The summed E-state index contributed by atoms with van der Waals surface area (Å²) in [6.45, 7) is 3.16. The molecule has 4 nitrogen and oxygen atoms in total. The summed E-state index contributed by atoms with van der Waals surface area (Å²) in [6.07, 6.45) is 0. The zero-order valence-electron chi connectivity index (χ0n) is 14.1. The Morgan fingerprint density at radius 1 is 1.08 bits per heavy atom. The molecule has 3 aromatic rings. The number of ether oxygens (including phenoxy) is 2. The van der Waals surface area contributed by atoms with Crippen molar-refractivity contribution in [1.82, 2.24) is 9.78 Å². The molecular weight excluding hydrogens is 391 g/mol. The van der Waals surface area contributed by atoms with Crippen molar-refractivity contribution in [2.24, 2.45) is 0 Å². The number of halogens is 1. The minimum Gasteiger partial charge on any atom is -0.494 e. The van der Waals surface area contributed by atoms with Crippen LogP contribution in [0.4, 0.5) is 4.39 Å². The standard InChI is InChI=1S/C18H17FN2O2S3/c1-2-22-15-7-9-16(10-8-15)23-11-12-25-17-20-21(18(24)26-17)14-5-3-13(19)4-6-14/h3-10H,2,11-12H2,1H3. The van der Waals surface area contributed by atoms with Gasteiger partial charge in [0.15, 0.2) is 8.29 Å². The third kappa shape index (κ3) is 5.06. The second-order valence-electron chi connectivity index (χ2n) is 5.12. The minimum absolute atomic E-state index is 0.281. The second kappa shape index (κ2) is 9.16. The smallest absolute Gasteiger partial charge is 0.184 e. The number of rotatable bonds is 8. The maximum Gasteiger partial charge on any atom is 0.184 e. The lowest BCUT2D eigenvalue weighted by Gasteiger charge is -2.07. The maximum absolute atomic E-state index is 13.0. The van der Waals surface area contributed by atoms with E-state index in [1.165, 1.54) is 23.5 Å². The van der Waals surface area contributed by atoms with Crippen molar-refractivity contribution in [3.8, 4) is 17.2 Å². The van der Waals surface area contributed by atoms with Gasteiger partial charge in [-0.2, -0.15) is 0 Å². The van der Waals surface area contributed by atoms with E-state index in [0.717, 1.165) is 27.3 Å². The van der Waals surface area contributed by atoms with Crippen LogP contribution in [-0.4, -0.2) is 28.7 Å². The Bertz CT molecular complexity index is 892. The second-order valence-corrected chi connectivity index (χ2v) is 8.09. The molecule has 0 spiro atoms.